The van der Waals surface area contributed by atoms with Gasteiger partial charge in [-0.25, -0.2) is 0 Å². The summed E-state index contributed by atoms with van der Waals surface area (Å²) in [4.78, 5) is 66.0. The Morgan fingerprint density at radius 3 is 0.569 bits per heavy atom. The van der Waals surface area contributed by atoms with Crippen molar-refractivity contribution in [3.05, 3.63) is 0 Å². The Morgan fingerprint density at radius 1 is 0.259 bits per heavy atom. The van der Waals surface area contributed by atoms with Crippen LogP contribution in [0.15, 0.2) is 0 Å². The Labute approximate surface area is 708 Å². The summed E-state index contributed by atoms with van der Waals surface area (Å²) in [5, 5.41) is 16.0. The topological polar surface area (TPSA) is 211 Å². The van der Waals surface area contributed by atoms with E-state index in [4.69, 9.17) is 59.1 Å². The normalized spacial score (nSPS) is 23.0. The van der Waals surface area contributed by atoms with Crippen molar-refractivity contribution in [3.63, 3.8) is 0 Å². The molecule has 2 saturated carbocycles. The molecule has 7 heterocycles. The van der Waals surface area contributed by atoms with E-state index in [2.05, 4.69) is 265 Å². The first-order valence-electron chi connectivity index (χ1n) is 46.7. The molecule has 2 aliphatic carbocycles. The van der Waals surface area contributed by atoms with E-state index in [1.54, 1.807) is 0 Å². The van der Waals surface area contributed by atoms with Gasteiger partial charge in [0.15, 0.2) is 0 Å². The van der Waals surface area contributed by atoms with Crippen LogP contribution in [0, 0.1) is 27.1 Å². The second-order valence-corrected chi connectivity index (χ2v) is 46.6. The zero-order valence-electron chi connectivity index (χ0n) is 80.1. The van der Waals surface area contributed by atoms with Crippen LogP contribution in [0.4, 0.5) is 35.7 Å². The molecule has 0 aromatic carbocycles. The highest BCUT2D eigenvalue weighted by atomic mass is 16.5. The second kappa shape index (κ2) is 37.4. The molecule has 0 bridgehead atoms. The summed E-state index contributed by atoms with van der Waals surface area (Å²) >= 11 is 0. The lowest BCUT2D eigenvalue weighted by atomic mass is 9.63. The highest BCUT2D eigenvalue weighted by Crippen LogP contribution is 2.51. The average molecular weight is 1620 g/mol. The second-order valence-electron chi connectivity index (χ2n) is 46.6. The lowest BCUT2D eigenvalue weighted by molar-refractivity contribution is 0.0372. The summed E-state index contributed by atoms with van der Waals surface area (Å²) in [6.07, 6.45) is 26.1. The van der Waals surface area contributed by atoms with Crippen molar-refractivity contribution >= 4 is 35.7 Å². The molecule has 4 saturated heterocycles. The molecule has 3 aromatic rings. The van der Waals surface area contributed by atoms with Crippen LogP contribution < -0.4 is 64.9 Å². The molecule has 22 nitrogen and oxygen atoms in total. The van der Waals surface area contributed by atoms with Crippen molar-refractivity contribution in [2.45, 2.75) is 462 Å². The molecule has 4 aliphatic heterocycles. The quantitative estimate of drug-likeness (QED) is 0.0418. The number of hydrogen-bond donors (Lipinski definition) is 4. The van der Waals surface area contributed by atoms with E-state index in [-0.39, 0.29) is 134 Å². The monoisotopic (exact) mass is 1620 g/mol. The van der Waals surface area contributed by atoms with E-state index in [0.717, 1.165) is 206 Å². The molecule has 0 atom stereocenters. The number of rotatable bonds is 39. The SMILES string of the molecule is CCCCN(c1nc(OCC(C)(COc2nc(N(CCCC)C3CC(C)(C)NC(C)(C)C3)nc(N(CCCC)C3CC(C)(C)NC(C)(C)C3)n2)COc2nc(N(CCCC)C3CC(C)(C)NC(C)(C)C3)nc(N(CCCC)C3CC(C)(C)NC(C)(C)C3)n2)nc(N(CCCC)C2CC(C)(C)CC(C)(C)C2)n1)C1CC(C)(C)CC(C)(C)C1. The first kappa shape index (κ1) is 94.9. The molecule has 4 N–H and O–H groups in total. The van der Waals surface area contributed by atoms with Crippen molar-refractivity contribution in [1.29, 1.82) is 0 Å². The van der Waals surface area contributed by atoms with Crippen LogP contribution in [0.1, 0.15) is 382 Å². The van der Waals surface area contributed by atoms with E-state index in [0.29, 0.717) is 41.7 Å². The smallest absolute Gasteiger partial charge is 0.323 e. The number of anilines is 6. The molecule has 9 rings (SSSR count). The molecule has 116 heavy (non-hydrogen) atoms. The van der Waals surface area contributed by atoms with Gasteiger partial charge in [0.1, 0.15) is 19.8 Å². The van der Waals surface area contributed by atoms with Gasteiger partial charge < -0.3 is 64.9 Å². The molecule has 662 valence electrons. The van der Waals surface area contributed by atoms with E-state index in [9.17, 15) is 0 Å². The third-order valence-electron chi connectivity index (χ3n) is 25.9. The lowest BCUT2D eigenvalue weighted by Gasteiger charge is -2.50. The fourth-order valence-corrected chi connectivity index (χ4v) is 23.4. The summed E-state index contributed by atoms with van der Waals surface area (Å²) in [5.74, 6) is 4.02. The van der Waals surface area contributed by atoms with Gasteiger partial charge in [-0.3, -0.25) is 0 Å². The third kappa shape index (κ3) is 27.0. The minimum absolute atomic E-state index is 0.0870. The van der Waals surface area contributed by atoms with Crippen LogP contribution >= 0.6 is 0 Å². The molecule has 0 spiro atoms. The van der Waals surface area contributed by atoms with Gasteiger partial charge in [-0.05, 0) is 268 Å². The first-order chi connectivity index (χ1) is 53.7. The highest BCUT2D eigenvalue weighted by Gasteiger charge is 2.49. The fourth-order valence-electron chi connectivity index (χ4n) is 23.4. The Morgan fingerprint density at radius 2 is 0.414 bits per heavy atom. The molecular formula is C94H173N19O3. The minimum atomic E-state index is -0.975. The van der Waals surface area contributed by atoms with Crippen molar-refractivity contribution in [1.82, 2.24) is 66.1 Å². The molecular weight excluding hydrogens is 1440 g/mol. The predicted molar refractivity (Wildman–Crippen MR) is 485 cm³/mol. The molecule has 6 fully saturated rings. The van der Waals surface area contributed by atoms with Crippen LogP contribution in [0.3, 0.4) is 0 Å². The van der Waals surface area contributed by atoms with Gasteiger partial charge in [0.25, 0.3) is 0 Å². The lowest BCUT2D eigenvalue weighted by Crippen LogP contribution is -2.63. The van der Waals surface area contributed by atoms with Crippen molar-refractivity contribution in [3.8, 4) is 18.0 Å². The predicted octanol–water partition coefficient (Wildman–Crippen LogP) is 19.9. The van der Waals surface area contributed by atoms with Crippen molar-refractivity contribution in [2.24, 2.45) is 27.1 Å². The van der Waals surface area contributed by atoms with Crippen LogP contribution in [0.5, 0.6) is 18.0 Å². The zero-order chi connectivity index (χ0) is 85.7. The molecule has 0 amide bonds. The third-order valence-corrected chi connectivity index (χ3v) is 25.9. The number of unbranched alkanes of at least 4 members (excludes halogenated alkanes) is 6. The number of piperidine rings is 4. The van der Waals surface area contributed by atoms with E-state index < -0.39 is 5.41 Å². The number of aromatic nitrogens is 9. The number of nitrogens with zero attached hydrogens (tertiary/aromatic N) is 15. The summed E-state index contributed by atoms with van der Waals surface area (Å²) < 4.78 is 22.6. The van der Waals surface area contributed by atoms with E-state index >= 15 is 0 Å². The highest BCUT2D eigenvalue weighted by molar-refractivity contribution is 5.47. The Bertz CT molecular complexity index is 2940. The maximum absolute atomic E-state index is 7.54. The van der Waals surface area contributed by atoms with Crippen LogP contribution in [0.2, 0.25) is 0 Å². The van der Waals surface area contributed by atoms with Gasteiger partial charge in [-0.1, -0.05) is 135 Å². The summed E-state index contributed by atoms with van der Waals surface area (Å²) in [5.41, 5.74) is -1.56. The summed E-state index contributed by atoms with van der Waals surface area (Å²) in [7, 11) is 0. The standard InChI is InChI=1S/C94H173N19O3/c1-32-38-44-108(67-50-82(7,8)62-83(9,10)51-67)73-95-74(109(45-39-33-2)68-52-84(11,12)63-85(13,14)53-68)99-79(98-73)114-64-94(31,65-115-80-100-75(110(46-40-34-3)69-54-86(15,16)104-87(17,18)55-69)96-76(101-80)111(47-41-35-4)70-56-88(19,20)105-89(21,22)57-70)66-116-81-102-77(112(48-42-36-5)71-58-90(23,24)106-91(25,26)59-71)97-78(103-81)113(49-43-37-6)72-60-92(27,28)107-93(29,30)61-72/h67-72,104-107H,32-66H2,1-31H3. The number of nitrogens with one attached hydrogen (secondary N) is 4. The summed E-state index contributed by atoms with van der Waals surface area (Å²) in [6.45, 7) is 78.3. The fraction of sp³-hybridized carbons (Fsp3) is 0.904. The van der Waals surface area contributed by atoms with Gasteiger partial charge in [0, 0.05) is 120 Å². The van der Waals surface area contributed by atoms with Crippen molar-refractivity contribution in [2.75, 3.05) is 88.5 Å². The number of ether oxygens (including phenoxy) is 3. The average Bonchev–Trinajstić information content (AvgIpc) is 0.788. The molecule has 0 unspecified atom stereocenters. The van der Waals surface area contributed by atoms with Gasteiger partial charge in [-0.2, -0.15) is 44.9 Å². The van der Waals surface area contributed by atoms with Gasteiger partial charge in [-0.15, -0.1) is 0 Å². The first-order valence-corrected chi connectivity index (χ1v) is 46.7. The van der Waals surface area contributed by atoms with Crippen molar-refractivity contribution < 1.29 is 14.2 Å². The van der Waals surface area contributed by atoms with Gasteiger partial charge in [0.05, 0.1) is 5.41 Å². The largest absolute Gasteiger partial charge is 0.462 e. The van der Waals surface area contributed by atoms with E-state index in [1.807, 2.05) is 0 Å². The van der Waals surface area contributed by atoms with Gasteiger partial charge >= 0.3 is 18.0 Å². The summed E-state index contributed by atoms with van der Waals surface area (Å²) in [6, 6.07) is 1.87. The van der Waals surface area contributed by atoms with Crippen LogP contribution in [-0.4, -0.2) is 185 Å². The Kier molecular flexibility index (Phi) is 30.6. The maximum Gasteiger partial charge on any atom is 0.323 e. The number of hydrogen-bond acceptors (Lipinski definition) is 22. The van der Waals surface area contributed by atoms with Crippen LogP contribution in [-0.2, 0) is 0 Å². The molecule has 6 aliphatic rings. The van der Waals surface area contributed by atoms with E-state index in [1.165, 1.54) is 0 Å². The van der Waals surface area contributed by atoms with Crippen LogP contribution in [0.25, 0.3) is 0 Å². The Hall–Kier alpha value is -4.93. The molecule has 3 aromatic heterocycles. The molecule has 22 heteroatoms. The molecule has 0 radical (unpaired) electrons. The zero-order valence-corrected chi connectivity index (χ0v) is 80.1. The van der Waals surface area contributed by atoms with Gasteiger partial charge in [0.2, 0.25) is 35.7 Å². The maximum atomic E-state index is 7.54. The minimum Gasteiger partial charge on any atom is -0.462 e. The Balaban J connectivity index is 1.26.